The van der Waals surface area contributed by atoms with Crippen LogP contribution < -0.4 is 10.1 Å². The molecule has 1 amide bonds. The molecular formula is C26H30BrNO3. The van der Waals surface area contributed by atoms with E-state index in [2.05, 4.69) is 46.4 Å². The molecule has 0 aliphatic heterocycles. The number of rotatable bonds is 9. The Kier molecular flexibility index (Phi) is 7.97. The number of allylic oxidation sites excluding steroid dienone is 1. The van der Waals surface area contributed by atoms with Gasteiger partial charge in [0.1, 0.15) is 11.3 Å². The van der Waals surface area contributed by atoms with Crippen LogP contribution in [0.25, 0.3) is 27.7 Å². The molecule has 0 spiro atoms. The monoisotopic (exact) mass is 483 g/mol. The molecule has 3 rings (SSSR count). The first-order valence-corrected chi connectivity index (χ1v) is 11.7. The number of ether oxygens (including phenoxy) is 1. The average Bonchev–Trinajstić information content (AvgIpc) is 3.18. The Morgan fingerprint density at radius 1 is 1.19 bits per heavy atom. The van der Waals surface area contributed by atoms with Crippen LogP contribution in [0.4, 0.5) is 0 Å². The van der Waals surface area contributed by atoms with Gasteiger partial charge in [-0.3, -0.25) is 4.79 Å². The highest BCUT2D eigenvalue weighted by atomic mass is 79.9. The molecule has 0 unspecified atom stereocenters. The summed E-state index contributed by atoms with van der Waals surface area (Å²) in [6.07, 6.45) is 6.70. The molecule has 1 N–H and O–H groups in total. The quantitative estimate of drug-likeness (QED) is 0.257. The van der Waals surface area contributed by atoms with Crippen molar-refractivity contribution in [1.82, 2.24) is 5.32 Å². The van der Waals surface area contributed by atoms with Gasteiger partial charge in [-0.05, 0) is 56.5 Å². The molecule has 31 heavy (non-hydrogen) atoms. The lowest BCUT2D eigenvalue weighted by Crippen LogP contribution is -2.22. The van der Waals surface area contributed by atoms with E-state index in [0.717, 1.165) is 68.3 Å². The second-order valence-electron chi connectivity index (χ2n) is 7.67. The number of unbranched alkanes of at least 4 members (excludes halogenated alkanes) is 2. The maximum Gasteiger partial charge on any atom is 0.244 e. The summed E-state index contributed by atoms with van der Waals surface area (Å²) in [6, 6.07) is 10.2. The van der Waals surface area contributed by atoms with Crippen molar-refractivity contribution in [2.45, 2.75) is 47.0 Å². The maximum absolute atomic E-state index is 12.4. The number of hydrogen-bond donors (Lipinski definition) is 1. The van der Waals surface area contributed by atoms with Gasteiger partial charge in [0.2, 0.25) is 5.91 Å². The second kappa shape index (κ2) is 10.7. The Morgan fingerprint density at radius 2 is 1.94 bits per heavy atom. The third kappa shape index (κ3) is 5.40. The Hall–Kier alpha value is -2.53. The minimum absolute atomic E-state index is 0.0749. The molecule has 0 saturated carbocycles. The molecule has 4 nitrogen and oxygen atoms in total. The zero-order valence-corrected chi connectivity index (χ0v) is 20.3. The van der Waals surface area contributed by atoms with E-state index in [0.29, 0.717) is 13.2 Å². The highest BCUT2D eigenvalue weighted by Gasteiger charge is 2.19. The number of carbonyl (C=O) groups is 1. The van der Waals surface area contributed by atoms with E-state index in [1.54, 1.807) is 12.3 Å². The first-order valence-electron chi connectivity index (χ1n) is 10.9. The lowest BCUT2D eigenvalue weighted by atomic mass is 9.96. The van der Waals surface area contributed by atoms with Crippen molar-refractivity contribution in [1.29, 1.82) is 0 Å². The van der Waals surface area contributed by atoms with Crippen LogP contribution in [0.3, 0.4) is 0 Å². The predicted molar refractivity (Wildman–Crippen MR) is 131 cm³/mol. The molecule has 0 bridgehead atoms. The van der Waals surface area contributed by atoms with Crippen LogP contribution in [0, 0.1) is 6.92 Å². The number of nitrogens with one attached hydrogen (secondary N) is 1. The Labute approximate surface area is 192 Å². The molecule has 1 aromatic heterocycles. The number of carbonyl (C=O) groups excluding carboxylic acids is 1. The maximum atomic E-state index is 12.4. The van der Waals surface area contributed by atoms with Gasteiger partial charge in [0, 0.05) is 39.2 Å². The fourth-order valence-electron chi connectivity index (χ4n) is 3.70. The lowest BCUT2D eigenvalue weighted by Gasteiger charge is -2.15. The zero-order chi connectivity index (χ0) is 22.4. The van der Waals surface area contributed by atoms with E-state index < -0.39 is 0 Å². The van der Waals surface area contributed by atoms with Crippen molar-refractivity contribution in [2.24, 2.45) is 0 Å². The summed E-state index contributed by atoms with van der Waals surface area (Å²) < 4.78 is 13.0. The smallest absolute Gasteiger partial charge is 0.244 e. The van der Waals surface area contributed by atoms with Gasteiger partial charge in [-0.25, -0.2) is 0 Å². The summed E-state index contributed by atoms with van der Waals surface area (Å²) in [5.74, 6) is 0.688. The van der Waals surface area contributed by atoms with E-state index in [4.69, 9.17) is 9.15 Å². The van der Waals surface area contributed by atoms with Crippen molar-refractivity contribution < 1.29 is 13.9 Å². The van der Waals surface area contributed by atoms with E-state index >= 15 is 0 Å². The fourth-order valence-corrected chi connectivity index (χ4v) is 3.97. The number of aryl methyl sites for hydroxylation is 1. The first-order chi connectivity index (χ1) is 15.0. The molecule has 0 fully saturated rings. The molecule has 0 atom stereocenters. The minimum atomic E-state index is -0.0749. The largest absolute Gasteiger partial charge is 0.493 e. The van der Waals surface area contributed by atoms with Gasteiger partial charge in [-0.1, -0.05) is 47.8 Å². The van der Waals surface area contributed by atoms with Crippen LogP contribution in [-0.2, 0) is 4.79 Å². The zero-order valence-electron chi connectivity index (χ0n) is 18.7. The molecule has 5 heteroatoms. The molecule has 164 valence electrons. The summed E-state index contributed by atoms with van der Waals surface area (Å²) in [5, 5.41) is 3.99. The van der Waals surface area contributed by atoms with E-state index in [-0.39, 0.29) is 5.91 Å². The van der Waals surface area contributed by atoms with E-state index in [1.807, 2.05) is 32.9 Å². The van der Waals surface area contributed by atoms with Crippen molar-refractivity contribution >= 4 is 38.4 Å². The van der Waals surface area contributed by atoms with Crippen LogP contribution in [0.15, 0.2) is 51.6 Å². The summed E-state index contributed by atoms with van der Waals surface area (Å²) in [5.41, 5.74) is 5.62. The first kappa shape index (κ1) is 23.1. The van der Waals surface area contributed by atoms with Crippen LogP contribution in [0.1, 0.15) is 51.2 Å². The normalized spacial score (nSPS) is 11.7. The summed E-state index contributed by atoms with van der Waals surface area (Å²) in [4.78, 5) is 12.4. The highest BCUT2D eigenvalue weighted by molar-refractivity contribution is 9.10. The number of hydrogen-bond acceptors (Lipinski definition) is 3. The third-order valence-corrected chi connectivity index (χ3v) is 5.87. The summed E-state index contributed by atoms with van der Waals surface area (Å²) in [7, 11) is 0. The number of halogens is 1. The lowest BCUT2D eigenvalue weighted by molar-refractivity contribution is -0.116. The Bertz CT molecular complexity index is 1080. The molecule has 0 saturated heterocycles. The van der Waals surface area contributed by atoms with Crippen LogP contribution >= 0.6 is 15.9 Å². The van der Waals surface area contributed by atoms with Crippen LogP contribution in [0.2, 0.25) is 0 Å². The molecule has 0 aliphatic carbocycles. The number of amides is 1. The number of furan rings is 1. The second-order valence-corrected chi connectivity index (χ2v) is 8.59. The standard InChI is InChI=1S/C26H30BrNO3/c1-5-7-8-13-28-24(29)14-17(3)21-15-22-23(19-9-11-20(27)12-10-19)16-31-26(22)18(4)25(21)30-6-2/h9-12,14-16H,5-8,13H2,1-4H3,(H,28,29)/b17-14+. The van der Waals surface area contributed by atoms with Crippen molar-refractivity contribution in [3.8, 4) is 16.9 Å². The van der Waals surface area contributed by atoms with Gasteiger partial charge >= 0.3 is 0 Å². The van der Waals surface area contributed by atoms with Gasteiger partial charge in [0.15, 0.2) is 0 Å². The number of fused-ring (bicyclic) bond motifs is 1. The van der Waals surface area contributed by atoms with Crippen molar-refractivity contribution in [3.63, 3.8) is 0 Å². The van der Waals surface area contributed by atoms with Crippen molar-refractivity contribution in [3.05, 3.63) is 58.3 Å². The Morgan fingerprint density at radius 3 is 2.61 bits per heavy atom. The molecule has 3 aromatic rings. The molecule has 2 aromatic carbocycles. The van der Waals surface area contributed by atoms with Crippen LogP contribution in [0.5, 0.6) is 5.75 Å². The predicted octanol–water partition coefficient (Wildman–Crippen LogP) is 7.28. The SMILES string of the molecule is CCCCCNC(=O)/C=C(\C)c1cc2c(-c3ccc(Br)cc3)coc2c(C)c1OCC. The van der Waals surface area contributed by atoms with Gasteiger partial charge in [-0.15, -0.1) is 0 Å². The summed E-state index contributed by atoms with van der Waals surface area (Å²) in [6.45, 7) is 9.30. The molecule has 0 radical (unpaired) electrons. The van der Waals surface area contributed by atoms with Gasteiger partial charge in [-0.2, -0.15) is 0 Å². The topological polar surface area (TPSA) is 51.5 Å². The molecule has 1 heterocycles. The number of benzene rings is 2. The van der Waals surface area contributed by atoms with Crippen molar-refractivity contribution in [2.75, 3.05) is 13.2 Å². The highest BCUT2D eigenvalue weighted by Crippen LogP contribution is 2.40. The molecular weight excluding hydrogens is 454 g/mol. The Balaban J connectivity index is 2.03. The average molecular weight is 484 g/mol. The van der Waals surface area contributed by atoms with E-state index in [9.17, 15) is 4.79 Å². The van der Waals surface area contributed by atoms with Crippen LogP contribution in [-0.4, -0.2) is 19.1 Å². The van der Waals surface area contributed by atoms with Gasteiger partial charge in [0.05, 0.1) is 12.9 Å². The molecule has 0 aliphatic rings. The minimum Gasteiger partial charge on any atom is -0.493 e. The summed E-state index contributed by atoms with van der Waals surface area (Å²) >= 11 is 3.49. The third-order valence-electron chi connectivity index (χ3n) is 5.34. The fraction of sp³-hybridized carbons (Fsp3) is 0.346. The van der Waals surface area contributed by atoms with Gasteiger partial charge in [0.25, 0.3) is 0 Å². The van der Waals surface area contributed by atoms with Gasteiger partial charge < -0.3 is 14.5 Å². The van der Waals surface area contributed by atoms with E-state index in [1.165, 1.54) is 0 Å².